The largest absolute Gasteiger partial charge is 0.454 e. The van der Waals surface area contributed by atoms with E-state index in [1.165, 1.54) is 17.0 Å². The molecular weight excluding hydrogens is 529 g/mol. The van der Waals surface area contributed by atoms with Gasteiger partial charge in [-0.15, -0.1) is 0 Å². The van der Waals surface area contributed by atoms with Crippen molar-refractivity contribution in [2.24, 2.45) is 0 Å². The molecule has 0 fully saturated rings. The molecule has 0 saturated heterocycles. The summed E-state index contributed by atoms with van der Waals surface area (Å²) < 4.78 is 37.0. The van der Waals surface area contributed by atoms with Gasteiger partial charge in [0.1, 0.15) is 12.6 Å². The van der Waals surface area contributed by atoms with Gasteiger partial charge in [0.05, 0.1) is 11.9 Å². The van der Waals surface area contributed by atoms with Crippen LogP contribution < -0.4 is 19.1 Å². The minimum absolute atomic E-state index is 0.0228. The van der Waals surface area contributed by atoms with Gasteiger partial charge in [0.2, 0.25) is 28.6 Å². The molecule has 9 nitrogen and oxygen atoms in total. The fourth-order valence-electron chi connectivity index (χ4n) is 3.54. The van der Waals surface area contributed by atoms with Crippen LogP contribution >= 0.6 is 23.2 Å². The van der Waals surface area contributed by atoms with Crippen LogP contribution in [0.4, 0.5) is 5.69 Å². The number of benzene rings is 2. The molecule has 12 heteroatoms. The normalized spacial score (nSPS) is 14.2. The highest BCUT2D eigenvalue weighted by molar-refractivity contribution is 7.92. The average Bonchev–Trinajstić information content (AvgIpc) is 3.28. The number of fused-ring (bicyclic) bond motifs is 1. The Morgan fingerprint density at radius 2 is 1.78 bits per heavy atom. The number of ether oxygens (including phenoxy) is 2. The smallest absolute Gasteiger partial charge is 0.244 e. The molecule has 0 aliphatic carbocycles. The van der Waals surface area contributed by atoms with Crippen molar-refractivity contribution in [2.75, 3.05) is 23.9 Å². The van der Waals surface area contributed by atoms with Crippen molar-refractivity contribution >= 4 is 50.7 Å². The van der Waals surface area contributed by atoms with Crippen molar-refractivity contribution in [1.29, 1.82) is 0 Å². The number of nitrogens with one attached hydrogen (secondary N) is 1. The van der Waals surface area contributed by atoms with E-state index < -0.39 is 28.5 Å². The van der Waals surface area contributed by atoms with Crippen LogP contribution in [0, 0.1) is 0 Å². The lowest BCUT2D eigenvalue weighted by Crippen LogP contribution is -2.52. The van der Waals surface area contributed by atoms with E-state index >= 15 is 0 Å². The van der Waals surface area contributed by atoms with Gasteiger partial charge in [0, 0.05) is 28.7 Å². The molecule has 1 aliphatic heterocycles. The van der Waals surface area contributed by atoms with Gasteiger partial charge < -0.3 is 19.7 Å². The number of rotatable bonds is 10. The maximum absolute atomic E-state index is 13.6. The molecule has 0 saturated carbocycles. The molecule has 1 N–H and O–H groups in total. The maximum atomic E-state index is 13.6. The number of nitrogens with zero attached hydrogens (tertiary/aromatic N) is 2. The van der Waals surface area contributed by atoms with Crippen LogP contribution in [0.3, 0.4) is 0 Å². The van der Waals surface area contributed by atoms with E-state index in [-0.39, 0.29) is 31.0 Å². The van der Waals surface area contributed by atoms with Crippen LogP contribution in [0.1, 0.15) is 32.8 Å². The molecular formula is C24H29Cl2N3O6S. The standard InChI is InChI=1S/C24H29Cl2N3O6S/c1-5-15(2)27-24(31)16(3)28(12-17-6-7-18(25)10-20(17)26)23(30)13-29(36(4,32)33)19-8-9-21-22(11-19)35-14-34-21/h6-11,15-16H,5,12-14H2,1-4H3,(H,27,31)/t15-,16-/m0/s1. The lowest BCUT2D eigenvalue weighted by Gasteiger charge is -2.32. The van der Waals surface area contributed by atoms with Gasteiger partial charge in [-0.1, -0.05) is 36.2 Å². The lowest BCUT2D eigenvalue weighted by atomic mass is 10.1. The second-order valence-electron chi connectivity index (χ2n) is 8.56. The summed E-state index contributed by atoms with van der Waals surface area (Å²) in [6.45, 7) is 4.84. The Morgan fingerprint density at radius 1 is 1.08 bits per heavy atom. The first-order chi connectivity index (χ1) is 16.9. The monoisotopic (exact) mass is 557 g/mol. The molecule has 1 aliphatic rings. The first-order valence-electron chi connectivity index (χ1n) is 11.3. The Labute approximate surface area is 221 Å². The third-order valence-electron chi connectivity index (χ3n) is 5.85. The van der Waals surface area contributed by atoms with E-state index in [0.717, 1.165) is 10.6 Å². The van der Waals surface area contributed by atoms with Crippen molar-refractivity contribution in [3.05, 3.63) is 52.0 Å². The van der Waals surface area contributed by atoms with Crippen LogP contribution in [-0.2, 0) is 26.2 Å². The summed E-state index contributed by atoms with van der Waals surface area (Å²) in [6.07, 6.45) is 1.71. The van der Waals surface area contributed by atoms with Gasteiger partial charge in [-0.3, -0.25) is 13.9 Å². The highest BCUT2D eigenvalue weighted by Crippen LogP contribution is 2.36. The molecule has 0 spiro atoms. The molecule has 0 radical (unpaired) electrons. The molecule has 0 unspecified atom stereocenters. The van der Waals surface area contributed by atoms with Crippen molar-refractivity contribution in [3.8, 4) is 11.5 Å². The van der Waals surface area contributed by atoms with E-state index in [4.69, 9.17) is 32.7 Å². The Bertz CT molecular complexity index is 1240. The van der Waals surface area contributed by atoms with Crippen LogP contribution in [0.15, 0.2) is 36.4 Å². The summed E-state index contributed by atoms with van der Waals surface area (Å²) in [7, 11) is -3.87. The Kier molecular flexibility index (Phi) is 8.97. The number of hydrogen-bond donors (Lipinski definition) is 1. The first-order valence-corrected chi connectivity index (χ1v) is 13.9. The molecule has 2 aromatic carbocycles. The summed E-state index contributed by atoms with van der Waals surface area (Å²) in [6, 6.07) is 8.43. The molecule has 0 bridgehead atoms. The number of anilines is 1. The predicted molar refractivity (Wildman–Crippen MR) is 139 cm³/mol. The van der Waals surface area contributed by atoms with Gasteiger partial charge in [-0.2, -0.15) is 0 Å². The average molecular weight is 558 g/mol. The zero-order valence-corrected chi connectivity index (χ0v) is 22.8. The van der Waals surface area contributed by atoms with Crippen molar-refractivity contribution in [2.45, 2.75) is 45.8 Å². The van der Waals surface area contributed by atoms with Gasteiger partial charge in [-0.05, 0) is 50.1 Å². The summed E-state index contributed by atoms with van der Waals surface area (Å²) >= 11 is 12.4. The van der Waals surface area contributed by atoms with Gasteiger partial charge in [-0.25, -0.2) is 8.42 Å². The third kappa shape index (κ3) is 6.74. The van der Waals surface area contributed by atoms with E-state index in [9.17, 15) is 18.0 Å². The molecule has 3 rings (SSSR count). The van der Waals surface area contributed by atoms with E-state index in [2.05, 4.69) is 5.32 Å². The first kappa shape index (κ1) is 27.9. The topological polar surface area (TPSA) is 105 Å². The Hall–Kier alpha value is -2.69. The van der Waals surface area contributed by atoms with Crippen LogP contribution in [-0.4, -0.2) is 56.8 Å². The number of carbonyl (C=O) groups is 2. The number of sulfonamides is 1. The predicted octanol–water partition coefficient (Wildman–Crippen LogP) is 3.82. The van der Waals surface area contributed by atoms with Gasteiger partial charge in [0.15, 0.2) is 11.5 Å². The Morgan fingerprint density at radius 3 is 2.42 bits per heavy atom. The van der Waals surface area contributed by atoms with Gasteiger partial charge in [0.25, 0.3) is 0 Å². The van der Waals surface area contributed by atoms with Crippen molar-refractivity contribution in [3.63, 3.8) is 0 Å². The molecule has 0 aromatic heterocycles. The summed E-state index contributed by atoms with van der Waals surface area (Å²) in [5.74, 6) is -0.0970. The number of carbonyl (C=O) groups excluding carboxylic acids is 2. The quantitative estimate of drug-likeness (QED) is 0.476. The van der Waals surface area contributed by atoms with E-state index in [0.29, 0.717) is 33.5 Å². The SMILES string of the molecule is CC[C@H](C)NC(=O)[C@H](C)N(Cc1ccc(Cl)cc1Cl)C(=O)CN(c1ccc2c(c1)OCO2)S(C)(=O)=O. The van der Waals surface area contributed by atoms with Gasteiger partial charge >= 0.3 is 0 Å². The van der Waals surface area contributed by atoms with Crippen LogP contribution in [0.2, 0.25) is 10.0 Å². The van der Waals surface area contributed by atoms with E-state index in [1.807, 2.05) is 13.8 Å². The summed E-state index contributed by atoms with van der Waals surface area (Å²) in [5, 5.41) is 3.62. The lowest BCUT2D eigenvalue weighted by molar-refractivity contribution is -0.139. The molecule has 36 heavy (non-hydrogen) atoms. The molecule has 196 valence electrons. The summed E-state index contributed by atoms with van der Waals surface area (Å²) in [5.41, 5.74) is 0.794. The maximum Gasteiger partial charge on any atom is 0.244 e. The molecule has 2 atom stereocenters. The molecule has 2 aromatic rings. The second-order valence-corrected chi connectivity index (χ2v) is 11.3. The van der Waals surface area contributed by atoms with Crippen LogP contribution in [0.5, 0.6) is 11.5 Å². The number of hydrogen-bond acceptors (Lipinski definition) is 6. The second kappa shape index (κ2) is 11.6. The molecule has 2 amide bonds. The van der Waals surface area contributed by atoms with Crippen molar-refractivity contribution in [1.82, 2.24) is 10.2 Å². The minimum Gasteiger partial charge on any atom is -0.454 e. The minimum atomic E-state index is -3.87. The number of amides is 2. The highest BCUT2D eigenvalue weighted by atomic mass is 35.5. The van der Waals surface area contributed by atoms with Crippen LogP contribution in [0.25, 0.3) is 0 Å². The fourth-order valence-corrected chi connectivity index (χ4v) is 4.85. The Balaban J connectivity index is 1.93. The molecule has 1 heterocycles. The number of halogens is 2. The zero-order chi connectivity index (χ0) is 26.6. The fraction of sp³-hybridized carbons (Fsp3) is 0.417. The third-order valence-corrected chi connectivity index (χ3v) is 7.57. The van der Waals surface area contributed by atoms with Crippen molar-refractivity contribution < 1.29 is 27.5 Å². The summed E-state index contributed by atoms with van der Waals surface area (Å²) in [4.78, 5) is 27.9. The zero-order valence-electron chi connectivity index (χ0n) is 20.5. The van der Waals surface area contributed by atoms with E-state index in [1.54, 1.807) is 31.2 Å². The highest BCUT2D eigenvalue weighted by Gasteiger charge is 2.31.